The number of phenols is 2. The Bertz CT molecular complexity index is 525. The van der Waals surface area contributed by atoms with Crippen molar-refractivity contribution in [1.82, 2.24) is 14.9 Å². The van der Waals surface area contributed by atoms with Crippen LogP contribution in [0.15, 0.2) is 36.9 Å². The molecule has 1 aromatic carbocycles. The van der Waals surface area contributed by atoms with Crippen molar-refractivity contribution in [3.05, 3.63) is 42.5 Å². The fraction of sp³-hybridized carbons (Fsp3) is 0.357. The fourth-order valence-electron chi connectivity index (χ4n) is 2.18. The molecule has 2 atom stereocenters. The zero-order valence-electron chi connectivity index (χ0n) is 11.1. The molecule has 3 N–H and O–H groups in total. The number of aromatic nitrogens is 2. The van der Waals surface area contributed by atoms with Crippen molar-refractivity contribution < 1.29 is 10.2 Å². The molecule has 0 aliphatic rings. The minimum atomic E-state index is -0.000813. The van der Waals surface area contributed by atoms with Gasteiger partial charge >= 0.3 is 0 Å². The summed E-state index contributed by atoms with van der Waals surface area (Å²) in [6.07, 6.45) is 5.45. The molecule has 1 aromatic heterocycles. The van der Waals surface area contributed by atoms with Crippen LogP contribution in [-0.4, -0.2) is 25.8 Å². The normalized spacial score (nSPS) is 14.2. The Morgan fingerprint density at radius 2 is 2.11 bits per heavy atom. The van der Waals surface area contributed by atoms with Crippen LogP contribution in [0.3, 0.4) is 0 Å². The van der Waals surface area contributed by atoms with Gasteiger partial charge in [0.2, 0.25) is 0 Å². The first-order valence-corrected chi connectivity index (χ1v) is 6.30. The lowest BCUT2D eigenvalue weighted by Crippen LogP contribution is -2.32. The third kappa shape index (κ3) is 3.48. The third-order valence-corrected chi connectivity index (χ3v) is 3.06. The topological polar surface area (TPSA) is 70.3 Å². The Balaban J connectivity index is 1.98. The van der Waals surface area contributed by atoms with Gasteiger partial charge in [0.15, 0.2) is 0 Å². The summed E-state index contributed by atoms with van der Waals surface area (Å²) in [4.78, 5) is 4.00. The van der Waals surface area contributed by atoms with E-state index in [9.17, 15) is 10.2 Å². The van der Waals surface area contributed by atoms with E-state index in [2.05, 4.69) is 17.2 Å². The van der Waals surface area contributed by atoms with E-state index in [1.807, 2.05) is 17.7 Å². The molecular weight excluding hydrogens is 242 g/mol. The molecule has 0 saturated carbocycles. The molecule has 0 amide bonds. The Morgan fingerprint density at radius 1 is 1.32 bits per heavy atom. The van der Waals surface area contributed by atoms with E-state index in [1.54, 1.807) is 24.7 Å². The van der Waals surface area contributed by atoms with Crippen LogP contribution in [0.2, 0.25) is 0 Å². The second kappa shape index (κ2) is 5.75. The molecule has 1 heterocycles. The molecule has 0 saturated heterocycles. The maximum Gasteiger partial charge on any atom is 0.124 e. The summed E-state index contributed by atoms with van der Waals surface area (Å²) in [5, 5.41) is 22.5. The summed E-state index contributed by atoms with van der Waals surface area (Å²) in [5.74, 6) is 0.176. The maximum absolute atomic E-state index is 9.82. The minimum Gasteiger partial charge on any atom is -0.508 e. The zero-order chi connectivity index (χ0) is 13.8. The molecule has 0 aliphatic heterocycles. The largest absolute Gasteiger partial charge is 0.508 e. The molecule has 2 rings (SSSR count). The summed E-state index contributed by atoms with van der Waals surface area (Å²) in [7, 11) is 0. The summed E-state index contributed by atoms with van der Waals surface area (Å²) in [6.45, 7) is 4.87. The number of rotatable bonds is 5. The van der Waals surface area contributed by atoms with Crippen LogP contribution in [0.5, 0.6) is 11.5 Å². The monoisotopic (exact) mass is 261 g/mol. The second-order valence-electron chi connectivity index (χ2n) is 4.79. The highest BCUT2D eigenvalue weighted by atomic mass is 16.3. The van der Waals surface area contributed by atoms with Gasteiger partial charge in [0.05, 0.1) is 6.33 Å². The van der Waals surface area contributed by atoms with E-state index in [-0.39, 0.29) is 23.6 Å². The molecule has 0 radical (unpaired) electrons. The number of nitrogens with one attached hydrogen (secondary N) is 1. The van der Waals surface area contributed by atoms with Crippen molar-refractivity contribution in [2.75, 3.05) is 0 Å². The lowest BCUT2D eigenvalue weighted by molar-refractivity contribution is 0.406. The van der Waals surface area contributed by atoms with E-state index >= 15 is 0 Å². The van der Waals surface area contributed by atoms with Crippen molar-refractivity contribution in [2.24, 2.45) is 0 Å². The fourth-order valence-corrected chi connectivity index (χ4v) is 2.18. The van der Waals surface area contributed by atoms with Gasteiger partial charge in [-0.05, 0) is 19.9 Å². The number of phenolic OH excluding ortho intramolecular Hbond substituents is 2. The first kappa shape index (κ1) is 13.4. The predicted molar refractivity (Wildman–Crippen MR) is 73.0 cm³/mol. The van der Waals surface area contributed by atoms with Crippen LogP contribution in [0.1, 0.15) is 25.5 Å². The number of nitrogens with zero attached hydrogens (tertiary/aromatic N) is 2. The predicted octanol–water partition coefficient (Wildman–Crippen LogP) is 2.03. The lowest BCUT2D eigenvalue weighted by Gasteiger charge is -2.21. The van der Waals surface area contributed by atoms with E-state index in [4.69, 9.17) is 0 Å². The minimum absolute atomic E-state index is 0.000813. The van der Waals surface area contributed by atoms with Gasteiger partial charge in [0, 0.05) is 42.7 Å². The first-order valence-electron chi connectivity index (χ1n) is 6.30. The first-order chi connectivity index (χ1) is 9.06. The van der Waals surface area contributed by atoms with E-state index < -0.39 is 0 Å². The lowest BCUT2D eigenvalue weighted by atomic mass is 10.1. The Hall–Kier alpha value is -2.01. The van der Waals surface area contributed by atoms with Crippen LogP contribution in [0.4, 0.5) is 0 Å². The van der Waals surface area contributed by atoms with Gasteiger partial charge in [-0.3, -0.25) is 0 Å². The van der Waals surface area contributed by atoms with Crippen LogP contribution < -0.4 is 5.32 Å². The second-order valence-corrected chi connectivity index (χ2v) is 4.79. The van der Waals surface area contributed by atoms with E-state index in [1.165, 1.54) is 6.07 Å². The molecule has 5 nitrogen and oxygen atoms in total. The van der Waals surface area contributed by atoms with Crippen molar-refractivity contribution in [2.45, 2.75) is 32.5 Å². The van der Waals surface area contributed by atoms with Crippen LogP contribution in [0.25, 0.3) is 0 Å². The van der Waals surface area contributed by atoms with Gasteiger partial charge in [-0.1, -0.05) is 6.07 Å². The SMILES string of the molecule is CC(Cn1ccnc1)NC(C)c1ccc(O)cc1O. The zero-order valence-corrected chi connectivity index (χ0v) is 11.1. The molecule has 2 unspecified atom stereocenters. The molecule has 0 bridgehead atoms. The highest BCUT2D eigenvalue weighted by Gasteiger charge is 2.13. The van der Waals surface area contributed by atoms with Gasteiger partial charge in [0.25, 0.3) is 0 Å². The highest BCUT2D eigenvalue weighted by molar-refractivity contribution is 5.40. The standard InChI is InChI=1S/C14H19N3O2/c1-10(8-17-6-5-15-9-17)16-11(2)13-4-3-12(18)7-14(13)19/h3-7,9-11,16,18-19H,8H2,1-2H3. The Kier molecular flexibility index (Phi) is 4.06. The number of hydrogen-bond acceptors (Lipinski definition) is 4. The summed E-state index contributed by atoms with van der Waals surface area (Å²) in [5.41, 5.74) is 0.773. The average molecular weight is 261 g/mol. The summed E-state index contributed by atoms with van der Waals surface area (Å²) < 4.78 is 2.00. The smallest absolute Gasteiger partial charge is 0.124 e. The molecular formula is C14H19N3O2. The third-order valence-electron chi connectivity index (χ3n) is 3.06. The van der Waals surface area contributed by atoms with Crippen LogP contribution >= 0.6 is 0 Å². The van der Waals surface area contributed by atoms with Crippen molar-refractivity contribution >= 4 is 0 Å². The van der Waals surface area contributed by atoms with E-state index in [0.29, 0.717) is 0 Å². The van der Waals surface area contributed by atoms with Gasteiger partial charge in [0.1, 0.15) is 11.5 Å². The van der Waals surface area contributed by atoms with Crippen molar-refractivity contribution in [3.8, 4) is 11.5 Å². The van der Waals surface area contributed by atoms with Crippen LogP contribution in [-0.2, 0) is 6.54 Å². The maximum atomic E-state index is 9.82. The van der Waals surface area contributed by atoms with Crippen LogP contribution in [0, 0.1) is 0 Å². The number of hydrogen-bond donors (Lipinski definition) is 3. The molecule has 2 aromatic rings. The van der Waals surface area contributed by atoms with E-state index in [0.717, 1.165) is 12.1 Å². The van der Waals surface area contributed by atoms with Gasteiger partial charge in [-0.15, -0.1) is 0 Å². The van der Waals surface area contributed by atoms with Gasteiger partial charge in [-0.2, -0.15) is 0 Å². The van der Waals surface area contributed by atoms with Crippen molar-refractivity contribution in [1.29, 1.82) is 0 Å². The molecule has 5 heteroatoms. The highest BCUT2D eigenvalue weighted by Crippen LogP contribution is 2.27. The number of aromatic hydroxyl groups is 2. The molecule has 19 heavy (non-hydrogen) atoms. The van der Waals surface area contributed by atoms with Gasteiger partial charge in [-0.25, -0.2) is 4.98 Å². The molecule has 0 spiro atoms. The Morgan fingerprint density at radius 3 is 2.74 bits per heavy atom. The van der Waals surface area contributed by atoms with Crippen molar-refractivity contribution in [3.63, 3.8) is 0 Å². The quantitative estimate of drug-likeness (QED) is 0.770. The molecule has 0 aliphatic carbocycles. The molecule has 0 fully saturated rings. The van der Waals surface area contributed by atoms with Gasteiger partial charge < -0.3 is 20.1 Å². The number of benzene rings is 1. The Labute approximate surface area is 112 Å². The summed E-state index contributed by atoms with van der Waals surface area (Å²) >= 11 is 0. The molecule has 102 valence electrons. The number of imidazole rings is 1. The average Bonchev–Trinajstić information content (AvgIpc) is 2.81. The summed E-state index contributed by atoms with van der Waals surface area (Å²) in [6, 6.07) is 4.89.